The summed E-state index contributed by atoms with van der Waals surface area (Å²) in [5, 5.41) is 4.72. The summed E-state index contributed by atoms with van der Waals surface area (Å²) in [6, 6.07) is 6.61. The van der Waals surface area contributed by atoms with Crippen LogP contribution in [0.15, 0.2) is 36.4 Å². The summed E-state index contributed by atoms with van der Waals surface area (Å²) < 4.78 is 56.0. The number of carbonyl (C=O) groups excluding carboxylic acids is 3. The average molecular weight is 449 g/mol. The molecule has 0 bridgehead atoms. The van der Waals surface area contributed by atoms with Crippen LogP contribution in [0.1, 0.15) is 39.9 Å². The standard InChI is InChI=1S/C22H19F4N3O3/c23-15-2-1-3-16(24)19(15)22(25,26)11-27-9-12-4-5-14-13(8-12)10-29(21(14)32)17-6-7-18(30)28-20(17)31/h1-5,8,17,27H,6-7,9-11H2,(H,28,30,31). The van der Waals surface area contributed by atoms with Gasteiger partial charge in [0, 0.05) is 25.1 Å². The predicted octanol–water partition coefficient (Wildman–Crippen LogP) is 2.61. The molecule has 0 radical (unpaired) electrons. The molecule has 2 aliphatic rings. The van der Waals surface area contributed by atoms with E-state index in [0.717, 1.165) is 18.2 Å². The first kappa shape index (κ1) is 21.9. The monoisotopic (exact) mass is 449 g/mol. The van der Waals surface area contributed by atoms with E-state index in [0.29, 0.717) is 16.7 Å². The topological polar surface area (TPSA) is 78.5 Å². The molecule has 0 spiro atoms. The Morgan fingerprint density at radius 2 is 1.81 bits per heavy atom. The SMILES string of the molecule is O=C1CCC(N2Cc3cc(CNCC(F)(F)c4c(F)cccc4F)ccc3C2=O)C(=O)N1. The summed E-state index contributed by atoms with van der Waals surface area (Å²) in [5.74, 6) is -7.63. The molecule has 168 valence electrons. The van der Waals surface area contributed by atoms with Crippen LogP contribution in [0.3, 0.4) is 0 Å². The zero-order valence-corrected chi connectivity index (χ0v) is 16.8. The van der Waals surface area contributed by atoms with Crippen molar-refractivity contribution in [3.63, 3.8) is 0 Å². The summed E-state index contributed by atoms with van der Waals surface area (Å²) in [6.45, 7) is -0.848. The number of carbonyl (C=O) groups is 3. The number of hydrogen-bond donors (Lipinski definition) is 2. The maximum atomic E-state index is 14.3. The van der Waals surface area contributed by atoms with Gasteiger partial charge in [0.2, 0.25) is 11.8 Å². The second-order valence-corrected chi connectivity index (χ2v) is 7.80. The highest BCUT2D eigenvalue weighted by molar-refractivity contribution is 6.05. The molecule has 32 heavy (non-hydrogen) atoms. The lowest BCUT2D eigenvalue weighted by molar-refractivity contribution is -0.136. The number of imide groups is 1. The predicted molar refractivity (Wildman–Crippen MR) is 104 cm³/mol. The Morgan fingerprint density at radius 1 is 1.09 bits per heavy atom. The number of halogens is 4. The van der Waals surface area contributed by atoms with Crippen LogP contribution < -0.4 is 10.6 Å². The van der Waals surface area contributed by atoms with Crippen molar-refractivity contribution < 1.29 is 31.9 Å². The van der Waals surface area contributed by atoms with Crippen molar-refractivity contribution >= 4 is 17.7 Å². The molecule has 2 N–H and O–H groups in total. The molecule has 10 heteroatoms. The number of fused-ring (bicyclic) bond motifs is 1. The second-order valence-electron chi connectivity index (χ2n) is 7.80. The van der Waals surface area contributed by atoms with Crippen molar-refractivity contribution in [2.24, 2.45) is 0 Å². The molecule has 2 aromatic rings. The summed E-state index contributed by atoms with van der Waals surface area (Å²) in [4.78, 5) is 37.5. The van der Waals surface area contributed by atoms with Crippen LogP contribution in [-0.2, 0) is 28.6 Å². The lowest BCUT2D eigenvalue weighted by Gasteiger charge is -2.29. The van der Waals surface area contributed by atoms with Crippen LogP contribution in [0.25, 0.3) is 0 Å². The van der Waals surface area contributed by atoms with E-state index in [1.54, 1.807) is 18.2 Å². The number of piperidine rings is 1. The van der Waals surface area contributed by atoms with Crippen LogP contribution in [0.2, 0.25) is 0 Å². The maximum absolute atomic E-state index is 14.3. The third-order valence-electron chi connectivity index (χ3n) is 5.59. The van der Waals surface area contributed by atoms with E-state index >= 15 is 0 Å². The number of amides is 3. The fourth-order valence-corrected chi connectivity index (χ4v) is 4.04. The molecule has 0 aromatic heterocycles. The van der Waals surface area contributed by atoms with Crippen LogP contribution in [0.4, 0.5) is 17.6 Å². The fraction of sp³-hybridized carbons (Fsp3) is 0.318. The van der Waals surface area contributed by atoms with Gasteiger partial charge in [-0.3, -0.25) is 19.7 Å². The first-order chi connectivity index (χ1) is 15.2. The van der Waals surface area contributed by atoms with Gasteiger partial charge in [-0.2, -0.15) is 8.78 Å². The Kier molecular flexibility index (Phi) is 5.72. The van der Waals surface area contributed by atoms with Crippen LogP contribution in [0, 0.1) is 11.6 Å². The molecule has 0 aliphatic carbocycles. The van der Waals surface area contributed by atoms with Crippen molar-refractivity contribution in [2.45, 2.75) is 37.9 Å². The summed E-state index contributed by atoms with van der Waals surface area (Å²) in [7, 11) is 0. The summed E-state index contributed by atoms with van der Waals surface area (Å²) in [6.07, 6.45) is 0.378. The lowest BCUT2D eigenvalue weighted by Crippen LogP contribution is -2.52. The third-order valence-corrected chi connectivity index (χ3v) is 5.59. The van der Waals surface area contributed by atoms with Gasteiger partial charge in [-0.05, 0) is 35.7 Å². The van der Waals surface area contributed by atoms with Crippen molar-refractivity contribution in [3.05, 3.63) is 70.3 Å². The summed E-state index contributed by atoms with van der Waals surface area (Å²) >= 11 is 0. The normalized spacial score (nSPS) is 18.7. The van der Waals surface area contributed by atoms with Crippen molar-refractivity contribution in [1.82, 2.24) is 15.5 Å². The van der Waals surface area contributed by atoms with Gasteiger partial charge in [-0.25, -0.2) is 8.78 Å². The minimum Gasteiger partial charge on any atom is -0.322 e. The number of hydrogen-bond acceptors (Lipinski definition) is 4. The largest absolute Gasteiger partial charge is 0.322 e. The van der Waals surface area contributed by atoms with Gasteiger partial charge < -0.3 is 10.2 Å². The third kappa shape index (κ3) is 4.10. The van der Waals surface area contributed by atoms with E-state index in [-0.39, 0.29) is 37.7 Å². The molecular formula is C22H19F4N3O3. The van der Waals surface area contributed by atoms with Gasteiger partial charge in [-0.1, -0.05) is 18.2 Å². The molecule has 6 nitrogen and oxygen atoms in total. The Hall–Kier alpha value is -3.27. The average Bonchev–Trinajstić information content (AvgIpc) is 3.03. The smallest absolute Gasteiger partial charge is 0.291 e. The van der Waals surface area contributed by atoms with Crippen LogP contribution in [-0.4, -0.2) is 35.2 Å². The number of nitrogens with one attached hydrogen (secondary N) is 2. The van der Waals surface area contributed by atoms with E-state index in [2.05, 4.69) is 10.6 Å². The van der Waals surface area contributed by atoms with Gasteiger partial charge in [-0.15, -0.1) is 0 Å². The number of benzene rings is 2. The van der Waals surface area contributed by atoms with E-state index < -0.39 is 41.6 Å². The number of rotatable bonds is 6. The molecule has 3 amide bonds. The molecule has 1 fully saturated rings. The van der Waals surface area contributed by atoms with Crippen LogP contribution in [0.5, 0.6) is 0 Å². The first-order valence-corrected chi connectivity index (χ1v) is 9.97. The maximum Gasteiger partial charge on any atom is 0.291 e. The highest BCUT2D eigenvalue weighted by Gasteiger charge is 2.39. The van der Waals surface area contributed by atoms with Crippen molar-refractivity contribution in [1.29, 1.82) is 0 Å². The lowest BCUT2D eigenvalue weighted by atomic mass is 10.0. The van der Waals surface area contributed by atoms with E-state index in [1.807, 2.05) is 0 Å². The second kappa shape index (κ2) is 8.34. The van der Waals surface area contributed by atoms with E-state index in [4.69, 9.17) is 0 Å². The summed E-state index contributed by atoms with van der Waals surface area (Å²) in [5.41, 5.74) is 0.335. The van der Waals surface area contributed by atoms with Gasteiger partial charge in [0.1, 0.15) is 17.7 Å². The molecule has 4 rings (SSSR count). The molecule has 2 aliphatic heterocycles. The Morgan fingerprint density at radius 3 is 2.50 bits per heavy atom. The highest BCUT2D eigenvalue weighted by atomic mass is 19.3. The number of nitrogens with zero attached hydrogens (tertiary/aromatic N) is 1. The molecule has 1 saturated heterocycles. The van der Waals surface area contributed by atoms with Crippen molar-refractivity contribution in [3.8, 4) is 0 Å². The Balaban J connectivity index is 1.41. The quantitative estimate of drug-likeness (QED) is 0.525. The molecule has 1 unspecified atom stereocenters. The van der Waals surface area contributed by atoms with Gasteiger partial charge in [0.25, 0.3) is 11.8 Å². The fourth-order valence-electron chi connectivity index (χ4n) is 4.04. The van der Waals surface area contributed by atoms with Gasteiger partial charge in [0.05, 0.1) is 12.1 Å². The molecular weight excluding hydrogens is 430 g/mol. The van der Waals surface area contributed by atoms with E-state index in [9.17, 15) is 31.9 Å². The Bertz CT molecular complexity index is 1090. The highest BCUT2D eigenvalue weighted by Crippen LogP contribution is 2.32. The minimum atomic E-state index is -3.76. The minimum absolute atomic E-state index is 0.0223. The van der Waals surface area contributed by atoms with Gasteiger partial charge >= 0.3 is 0 Å². The van der Waals surface area contributed by atoms with E-state index in [1.165, 1.54) is 4.90 Å². The molecule has 2 aromatic carbocycles. The van der Waals surface area contributed by atoms with Crippen molar-refractivity contribution in [2.75, 3.05) is 6.54 Å². The zero-order valence-electron chi connectivity index (χ0n) is 16.8. The molecule has 0 saturated carbocycles. The van der Waals surface area contributed by atoms with Gasteiger partial charge in [0.15, 0.2) is 0 Å². The van der Waals surface area contributed by atoms with Crippen LogP contribution >= 0.6 is 0 Å². The zero-order chi connectivity index (χ0) is 23.0. The Labute approximate surface area is 180 Å². The molecule has 1 atom stereocenters. The first-order valence-electron chi connectivity index (χ1n) is 9.97. The number of alkyl halides is 2. The molecule has 2 heterocycles.